The number of nitrogens with one attached hydrogen (secondary N) is 1. The van der Waals surface area contributed by atoms with Crippen molar-refractivity contribution >= 4 is 28.0 Å². The van der Waals surface area contributed by atoms with Gasteiger partial charge in [-0.05, 0) is 42.7 Å². The first-order chi connectivity index (χ1) is 15.3. The highest BCUT2D eigenvalue weighted by atomic mass is 32.2. The minimum atomic E-state index is -3.53. The molecule has 2 rings (SSSR count). The molecule has 1 atom stereocenters. The maximum atomic E-state index is 12.5. The number of sulfonamides is 1. The number of hydrogen-bond acceptors (Lipinski definition) is 5. The van der Waals surface area contributed by atoms with Crippen molar-refractivity contribution in [3.63, 3.8) is 0 Å². The Bertz CT molecular complexity index is 1010. The van der Waals surface area contributed by atoms with Crippen LogP contribution in [-0.2, 0) is 30.8 Å². The van der Waals surface area contributed by atoms with Gasteiger partial charge in [0.15, 0.2) is 6.10 Å². The maximum absolute atomic E-state index is 12.5. The SMILES string of the molecule is CCN(CC)S(=O)(=O)c1ccc(/C=C/C(=O)OC(C)C(=O)NCCc2ccccc2)cc1. The van der Waals surface area contributed by atoms with Crippen LogP contribution >= 0.6 is 0 Å². The van der Waals surface area contributed by atoms with Gasteiger partial charge in [-0.2, -0.15) is 4.31 Å². The van der Waals surface area contributed by atoms with Crippen molar-refractivity contribution in [2.75, 3.05) is 19.6 Å². The Morgan fingerprint density at radius 2 is 1.66 bits per heavy atom. The number of hydrogen-bond donors (Lipinski definition) is 1. The van der Waals surface area contributed by atoms with E-state index in [1.54, 1.807) is 26.0 Å². The summed E-state index contributed by atoms with van der Waals surface area (Å²) in [6, 6.07) is 16.0. The molecule has 0 radical (unpaired) electrons. The molecule has 7 nitrogen and oxygen atoms in total. The topological polar surface area (TPSA) is 92.8 Å². The van der Waals surface area contributed by atoms with Crippen LogP contribution in [0.4, 0.5) is 0 Å². The molecule has 8 heteroatoms. The van der Waals surface area contributed by atoms with Crippen LogP contribution in [0.25, 0.3) is 6.08 Å². The Balaban J connectivity index is 1.85. The molecule has 2 aromatic carbocycles. The van der Waals surface area contributed by atoms with Crippen molar-refractivity contribution in [2.45, 2.75) is 38.2 Å². The molecule has 1 unspecified atom stereocenters. The van der Waals surface area contributed by atoms with E-state index in [0.29, 0.717) is 31.6 Å². The van der Waals surface area contributed by atoms with Gasteiger partial charge in [-0.1, -0.05) is 56.3 Å². The van der Waals surface area contributed by atoms with E-state index in [-0.39, 0.29) is 10.8 Å². The average molecular weight is 459 g/mol. The number of benzene rings is 2. The quantitative estimate of drug-likeness (QED) is 0.413. The monoisotopic (exact) mass is 458 g/mol. The summed E-state index contributed by atoms with van der Waals surface area (Å²) in [4.78, 5) is 24.3. The van der Waals surface area contributed by atoms with E-state index in [2.05, 4.69) is 5.32 Å². The van der Waals surface area contributed by atoms with Gasteiger partial charge in [0.25, 0.3) is 5.91 Å². The molecule has 0 bridgehead atoms. The molecule has 0 aromatic heterocycles. The summed E-state index contributed by atoms with van der Waals surface area (Å²) >= 11 is 0. The van der Waals surface area contributed by atoms with E-state index in [1.807, 2.05) is 30.3 Å². The summed E-state index contributed by atoms with van der Waals surface area (Å²) in [6.45, 7) is 6.32. The fourth-order valence-electron chi connectivity index (χ4n) is 3.01. The molecule has 0 aliphatic rings. The summed E-state index contributed by atoms with van der Waals surface area (Å²) < 4.78 is 31.5. The van der Waals surface area contributed by atoms with Crippen LogP contribution in [0.3, 0.4) is 0 Å². The predicted molar refractivity (Wildman–Crippen MR) is 124 cm³/mol. The van der Waals surface area contributed by atoms with Gasteiger partial charge in [0.1, 0.15) is 0 Å². The second kappa shape index (κ2) is 12.2. The van der Waals surface area contributed by atoms with Crippen molar-refractivity contribution in [3.8, 4) is 0 Å². The van der Waals surface area contributed by atoms with Crippen LogP contribution in [0, 0.1) is 0 Å². The maximum Gasteiger partial charge on any atom is 0.331 e. The highest BCUT2D eigenvalue weighted by Gasteiger charge is 2.21. The zero-order valence-corrected chi connectivity index (χ0v) is 19.5. The van der Waals surface area contributed by atoms with Crippen molar-refractivity contribution < 1.29 is 22.7 Å². The minimum absolute atomic E-state index is 0.196. The predicted octanol–water partition coefficient (Wildman–Crippen LogP) is 3.02. The molecule has 0 saturated carbocycles. The molecule has 0 saturated heterocycles. The van der Waals surface area contributed by atoms with Gasteiger partial charge in [0.2, 0.25) is 10.0 Å². The Labute approximate surface area is 190 Å². The lowest BCUT2D eigenvalue weighted by Gasteiger charge is -2.18. The van der Waals surface area contributed by atoms with Crippen molar-refractivity contribution in [1.29, 1.82) is 0 Å². The van der Waals surface area contributed by atoms with E-state index < -0.39 is 22.1 Å². The Morgan fingerprint density at radius 1 is 1.03 bits per heavy atom. The minimum Gasteiger partial charge on any atom is -0.449 e. The first kappa shape index (κ1) is 25.3. The largest absolute Gasteiger partial charge is 0.449 e. The summed E-state index contributed by atoms with van der Waals surface area (Å²) in [5.74, 6) is -1.02. The molecule has 0 heterocycles. The summed E-state index contributed by atoms with van der Waals surface area (Å²) in [5.41, 5.74) is 1.75. The zero-order chi connectivity index (χ0) is 23.6. The number of rotatable bonds is 11. The molecule has 1 amide bonds. The van der Waals surface area contributed by atoms with Crippen LogP contribution < -0.4 is 5.32 Å². The smallest absolute Gasteiger partial charge is 0.331 e. The van der Waals surface area contributed by atoms with Crippen LogP contribution in [0.15, 0.2) is 65.6 Å². The van der Waals surface area contributed by atoms with Crippen molar-refractivity contribution in [2.24, 2.45) is 0 Å². The Hall–Kier alpha value is -2.97. The summed E-state index contributed by atoms with van der Waals surface area (Å²) in [6.07, 6.45) is 2.48. The summed E-state index contributed by atoms with van der Waals surface area (Å²) in [5, 5.41) is 2.75. The highest BCUT2D eigenvalue weighted by molar-refractivity contribution is 7.89. The van der Waals surface area contributed by atoms with E-state index >= 15 is 0 Å². The lowest BCUT2D eigenvalue weighted by molar-refractivity contribution is -0.150. The van der Waals surface area contributed by atoms with Gasteiger partial charge in [0.05, 0.1) is 4.90 Å². The van der Waals surface area contributed by atoms with E-state index in [1.165, 1.54) is 35.5 Å². The van der Waals surface area contributed by atoms with Crippen LogP contribution in [-0.4, -0.2) is 50.3 Å². The zero-order valence-electron chi connectivity index (χ0n) is 18.7. The lowest BCUT2D eigenvalue weighted by Crippen LogP contribution is -2.36. The molecular formula is C24H30N2O5S. The van der Waals surface area contributed by atoms with Crippen molar-refractivity contribution in [3.05, 3.63) is 71.8 Å². The number of esters is 1. The third-order valence-electron chi connectivity index (χ3n) is 4.85. The normalized spacial score (nSPS) is 12.6. The van der Waals surface area contributed by atoms with E-state index in [0.717, 1.165) is 5.56 Å². The second-order valence-corrected chi connectivity index (χ2v) is 9.04. The fraction of sp³-hybridized carbons (Fsp3) is 0.333. The number of carbonyl (C=O) groups is 2. The van der Waals surface area contributed by atoms with Gasteiger partial charge in [-0.25, -0.2) is 13.2 Å². The third kappa shape index (κ3) is 7.32. The fourth-order valence-corrected chi connectivity index (χ4v) is 4.47. The van der Waals surface area contributed by atoms with Crippen LogP contribution in [0.5, 0.6) is 0 Å². The average Bonchev–Trinajstić information content (AvgIpc) is 2.79. The molecule has 0 aliphatic carbocycles. The number of carbonyl (C=O) groups excluding carboxylic acids is 2. The molecule has 0 spiro atoms. The van der Waals surface area contributed by atoms with Gasteiger partial charge >= 0.3 is 5.97 Å². The molecule has 172 valence electrons. The standard InChI is InChI=1S/C24H30N2O5S/c1-4-26(5-2)32(29,30)22-14-11-21(12-15-22)13-16-23(27)31-19(3)24(28)25-18-17-20-9-7-6-8-10-20/h6-16,19H,4-5,17-18H2,1-3H3,(H,25,28)/b16-13+. The van der Waals surface area contributed by atoms with Gasteiger partial charge in [-0.15, -0.1) is 0 Å². The third-order valence-corrected chi connectivity index (χ3v) is 6.92. The van der Waals surface area contributed by atoms with Gasteiger partial charge in [-0.3, -0.25) is 4.79 Å². The first-order valence-corrected chi connectivity index (χ1v) is 12.0. The molecule has 32 heavy (non-hydrogen) atoms. The van der Waals surface area contributed by atoms with E-state index in [9.17, 15) is 18.0 Å². The molecule has 2 aromatic rings. The molecule has 0 fully saturated rings. The van der Waals surface area contributed by atoms with Gasteiger partial charge < -0.3 is 10.1 Å². The Morgan fingerprint density at radius 3 is 2.25 bits per heavy atom. The number of ether oxygens (including phenoxy) is 1. The molecule has 0 aliphatic heterocycles. The molecule has 1 N–H and O–H groups in total. The van der Waals surface area contributed by atoms with Gasteiger partial charge in [0, 0.05) is 25.7 Å². The summed E-state index contributed by atoms with van der Waals surface area (Å²) in [7, 11) is -3.53. The lowest BCUT2D eigenvalue weighted by atomic mass is 10.1. The van der Waals surface area contributed by atoms with Crippen LogP contribution in [0.1, 0.15) is 31.9 Å². The van der Waals surface area contributed by atoms with Crippen LogP contribution in [0.2, 0.25) is 0 Å². The van der Waals surface area contributed by atoms with Crippen molar-refractivity contribution in [1.82, 2.24) is 9.62 Å². The Kier molecular flexibility index (Phi) is 9.61. The highest BCUT2D eigenvalue weighted by Crippen LogP contribution is 2.16. The first-order valence-electron chi connectivity index (χ1n) is 10.6. The number of nitrogens with zero attached hydrogens (tertiary/aromatic N) is 1. The molecular weight excluding hydrogens is 428 g/mol. The van der Waals surface area contributed by atoms with E-state index in [4.69, 9.17) is 4.74 Å². The number of amides is 1. The second-order valence-electron chi connectivity index (χ2n) is 7.10.